The predicted octanol–water partition coefficient (Wildman–Crippen LogP) is 2.63. The molecule has 1 aliphatic carbocycles. The molecule has 1 fully saturated rings. The van der Waals surface area contributed by atoms with Crippen LogP contribution in [0.5, 0.6) is 0 Å². The Bertz CT molecular complexity index is 428. The molecule has 1 aromatic heterocycles. The lowest BCUT2D eigenvalue weighted by molar-refractivity contribution is 0.0968. The van der Waals surface area contributed by atoms with Gasteiger partial charge in [-0.15, -0.1) is 0 Å². The second-order valence-corrected chi connectivity index (χ2v) is 6.32. The standard InChI is InChI=1S/C16H28N4/c1-12-8-11-19-15(18)13(12)14(17)16(20(2)3)9-6-4-5-7-10-16/h8,11,14H,4-7,9-10,17H2,1-3H3,(H2,18,19). The summed E-state index contributed by atoms with van der Waals surface area (Å²) in [5.74, 6) is 0.586. The molecule has 4 heteroatoms. The normalized spacial score (nSPS) is 20.6. The minimum absolute atomic E-state index is 0.00157. The molecule has 0 radical (unpaired) electrons. The lowest BCUT2D eigenvalue weighted by Gasteiger charge is -2.45. The Kier molecular flexibility index (Phi) is 4.66. The van der Waals surface area contributed by atoms with E-state index in [4.69, 9.17) is 11.5 Å². The van der Waals surface area contributed by atoms with Crippen molar-refractivity contribution in [3.05, 3.63) is 23.4 Å². The highest BCUT2D eigenvalue weighted by Crippen LogP contribution is 2.41. The minimum Gasteiger partial charge on any atom is -0.383 e. The fraction of sp³-hybridized carbons (Fsp3) is 0.688. The van der Waals surface area contributed by atoms with Gasteiger partial charge >= 0.3 is 0 Å². The van der Waals surface area contributed by atoms with Gasteiger partial charge in [0, 0.05) is 17.3 Å². The van der Waals surface area contributed by atoms with Crippen LogP contribution >= 0.6 is 0 Å². The van der Waals surface area contributed by atoms with E-state index in [1.807, 2.05) is 6.07 Å². The fourth-order valence-corrected chi connectivity index (χ4v) is 3.64. The van der Waals surface area contributed by atoms with E-state index < -0.39 is 0 Å². The summed E-state index contributed by atoms with van der Waals surface area (Å²) < 4.78 is 0. The van der Waals surface area contributed by atoms with E-state index in [1.54, 1.807) is 6.20 Å². The van der Waals surface area contributed by atoms with Crippen LogP contribution in [0.4, 0.5) is 5.82 Å². The van der Waals surface area contributed by atoms with Crippen molar-refractivity contribution in [3.8, 4) is 0 Å². The second kappa shape index (κ2) is 6.10. The Morgan fingerprint density at radius 1 is 1.20 bits per heavy atom. The molecule has 20 heavy (non-hydrogen) atoms. The number of rotatable bonds is 3. The maximum absolute atomic E-state index is 6.72. The number of nitrogens with zero attached hydrogens (tertiary/aromatic N) is 2. The van der Waals surface area contributed by atoms with Crippen LogP contribution in [0, 0.1) is 6.92 Å². The van der Waals surface area contributed by atoms with Gasteiger partial charge in [-0.3, -0.25) is 0 Å². The number of aryl methyl sites for hydroxylation is 1. The summed E-state index contributed by atoms with van der Waals surface area (Å²) >= 11 is 0. The molecule has 1 aliphatic rings. The summed E-state index contributed by atoms with van der Waals surface area (Å²) in [5, 5.41) is 0. The van der Waals surface area contributed by atoms with Gasteiger partial charge in [0.25, 0.3) is 0 Å². The molecular weight excluding hydrogens is 248 g/mol. The molecule has 1 heterocycles. The van der Waals surface area contributed by atoms with Gasteiger partial charge in [0.2, 0.25) is 0 Å². The van der Waals surface area contributed by atoms with E-state index in [0.717, 1.165) is 24.0 Å². The first-order chi connectivity index (χ1) is 9.49. The van der Waals surface area contributed by atoms with Crippen LogP contribution in [0.15, 0.2) is 12.3 Å². The number of nitrogens with two attached hydrogens (primary N) is 2. The Hall–Kier alpha value is -1.13. The van der Waals surface area contributed by atoms with Crippen LogP contribution in [0.25, 0.3) is 0 Å². The second-order valence-electron chi connectivity index (χ2n) is 6.32. The molecule has 0 aliphatic heterocycles. The van der Waals surface area contributed by atoms with Gasteiger partial charge < -0.3 is 16.4 Å². The zero-order chi connectivity index (χ0) is 14.8. The summed E-state index contributed by atoms with van der Waals surface area (Å²) in [7, 11) is 4.29. The zero-order valence-electron chi connectivity index (χ0n) is 13.0. The Morgan fingerprint density at radius 2 is 1.80 bits per heavy atom. The molecule has 0 amide bonds. The number of anilines is 1. The first kappa shape index (κ1) is 15.3. The first-order valence-corrected chi connectivity index (χ1v) is 7.63. The van der Waals surface area contributed by atoms with Crippen molar-refractivity contribution in [2.45, 2.75) is 57.0 Å². The van der Waals surface area contributed by atoms with Gasteiger partial charge in [0.15, 0.2) is 0 Å². The summed E-state index contributed by atoms with van der Waals surface area (Å²) in [4.78, 5) is 6.56. The molecule has 0 aromatic carbocycles. The molecule has 4 N–H and O–H groups in total. The number of aromatic nitrogens is 1. The molecule has 1 aromatic rings. The molecular formula is C16H28N4. The summed E-state index contributed by atoms with van der Waals surface area (Å²) in [6, 6.07) is 1.93. The monoisotopic (exact) mass is 276 g/mol. The summed E-state index contributed by atoms with van der Waals surface area (Å²) in [5.41, 5.74) is 15.0. The predicted molar refractivity (Wildman–Crippen MR) is 84.4 cm³/mol. The first-order valence-electron chi connectivity index (χ1n) is 7.63. The van der Waals surface area contributed by atoms with Crippen LogP contribution < -0.4 is 11.5 Å². The van der Waals surface area contributed by atoms with Crippen molar-refractivity contribution in [1.29, 1.82) is 0 Å². The highest BCUT2D eigenvalue weighted by Gasteiger charge is 2.41. The van der Waals surface area contributed by atoms with Crippen LogP contribution in [0.2, 0.25) is 0 Å². The third-order valence-corrected chi connectivity index (χ3v) is 4.99. The zero-order valence-corrected chi connectivity index (χ0v) is 13.0. The fourth-order valence-electron chi connectivity index (χ4n) is 3.64. The van der Waals surface area contributed by atoms with Crippen molar-refractivity contribution in [1.82, 2.24) is 9.88 Å². The SMILES string of the molecule is Cc1ccnc(N)c1C(N)C1(N(C)C)CCCCCC1. The van der Waals surface area contributed by atoms with Crippen molar-refractivity contribution >= 4 is 5.82 Å². The lowest BCUT2D eigenvalue weighted by Crippen LogP contribution is -2.52. The Balaban J connectivity index is 2.43. The van der Waals surface area contributed by atoms with Gasteiger partial charge in [-0.25, -0.2) is 4.98 Å². The largest absolute Gasteiger partial charge is 0.383 e. The molecule has 112 valence electrons. The van der Waals surface area contributed by atoms with Gasteiger partial charge in [0.05, 0.1) is 6.04 Å². The van der Waals surface area contributed by atoms with Crippen LogP contribution in [-0.4, -0.2) is 29.5 Å². The highest BCUT2D eigenvalue weighted by molar-refractivity contribution is 5.47. The topological polar surface area (TPSA) is 68.2 Å². The number of likely N-dealkylation sites (N-methyl/N-ethyl adjacent to an activating group) is 1. The van der Waals surface area contributed by atoms with E-state index in [9.17, 15) is 0 Å². The molecule has 1 unspecified atom stereocenters. The van der Waals surface area contributed by atoms with Gasteiger partial charge in [-0.2, -0.15) is 0 Å². The maximum Gasteiger partial charge on any atom is 0.128 e. The highest BCUT2D eigenvalue weighted by atomic mass is 15.2. The van der Waals surface area contributed by atoms with Crippen LogP contribution in [-0.2, 0) is 0 Å². The quantitative estimate of drug-likeness (QED) is 0.833. The molecule has 4 nitrogen and oxygen atoms in total. The molecule has 0 saturated heterocycles. The number of hydrogen-bond donors (Lipinski definition) is 2. The van der Waals surface area contributed by atoms with E-state index in [2.05, 4.69) is 30.9 Å². The number of hydrogen-bond acceptors (Lipinski definition) is 4. The Labute approximate surface area is 122 Å². The van der Waals surface area contributed by atoms with Crippen molar-refractivity contribution in [2.75, 3.05) is 19.8 Å². The average molecular weight is 276 g/mol. The van der Waals surface area contributed by atoms with Gasteiger partial charge in [-0.05, 0) is 45.5 Å². The average Bonchev–Trinajstić information content (AvgIpc) is 2.64. The van der Waals surface area contributed by atoms with Crippen molar-refractivity contribution in [2.24, 2.45) is 5.73 Å². The van der Waals surface area contributed by atoms with Crippen molar-refractivity contribution in [3.63, 3.8) is 0 Å². The van der Waals surface area contributed by atoms with Crippen molar-refractivity contribution < 1.29 is 0 Å². The minimum atomic E-state index is -0.0794. The third kappa shape index (κ3) is 2.67. The van der Waals surface area contributed by atoms with E-state index in [1.165, 1.54) is 25.7 Å². The summed E-state index contributed by atoms with van der Waals surface area (Å²) in [6.07, 6.45) is 9.13. The smallest absolute Gasteiger partial charge is 0.128 e. The molecule has 0 bridgehead atoms. The number of nitrogen functional groups attached to an aromatic ring is 1. The van der Waals surface area contributed by atoms with E-state index in [0.29, 0.717) is 5.82 Å². The number of pyridine rings is 1. The van der Waals surface area contributed by atoms with Gasteiger partial charge in [-0.1, -0.05) is 25.7 Å². The maximum atomic E-state index is 6.72. The Morgan fingerprint density at radius 3 is 2.30 bits per heavy atom. The third-order valence-electron chi connectivity index (χ3n) is 4.99. The molecule has 1 atom stereocenters. The van der Waals surface area contributed by atoms with E-state index >= 15 is 0 Å². The van der Waals surface area contributed by atoms with Crippen LogP contribution in [0.1, 0.15) is 55.7 Å². The molecule has 2 rings (SSSR count). The van der Waals surface area contributed by atoms with E-state index in [-0.39, 0.29) is 11.6 Å². The summed E-state index contributed by atoms with van der Waals surface area (Å²) in [6.45, 7) is 2.08. The molecule has 1 saturated carbocycles. The van der Waals surface area contributed by atoms with Gasteiger partial charge in [0.1, 0.15) is 5.82 Å². The molecule has 0 spiro atoms. The lowest BCUT2D eigenvalue weighted by atomic mass is 9.77. The van der Waals surface area contributed by atoms with Crippen LogP contribution in [0.3, 0.4) is 0 Å².